The second-order valence-corrected chi connectivity index (χ2v) is 9.22. The summed E-state index contributed by atoms with van der Waals surface area (Å²) in [5.74, 6) is -3.62. The fraction of sp³-hybridized carbons (Fsp3) is 0.222. The number of hydrogen-bond donors (Lipinski definition) is 1. The molecule has 0 radical (unpaired) electrons. The molecule has 1 N–H and O–H groups in total. The molecule has 1 saturated heterocycles. The Morgan fingerprint density at radius 1 is 1.09 bits per heavy atom. The summed E-state index contributed by atoms with van der Waals surface area (Å²) in [5, 5.41) is 11.3. The van der Waals surface area contributed by atoms with E-state index in [2.05, 4.69) is 4.98 Å². The number of aliphatic hydroxyl groups is 1. The van der Waals surface area contributed by atoms with E-state index < -0.39 is 40.8 Å². The van der Waals surface area contributed by atoms with E-state index >= 15 is 0 Å². The maximum Gasteiger partial charge on any atom is 0.300 e. The minimum absolute atomic E-state index is 0.253. The summed E-state index contributed by atoms with van der Waals surface area (Å²) >= 11 is 0. The van der Waals surface area contributed by atoms with Crippen LogP contribution in [0.25, 0.3) is 5.76 Å². The second kappa shape index (κ2) is 8.94. The molecule has 4 rings (SSSR count). The predicted molar refractivity (Wildman–Crippen MR) is 127 cm³/mol. The van der Waals surface area contributed by atoms with Gasteiger partial charge in [0, 0.05) is 29.6 Å². The van der Waals surface area contributed by atoms with Gasteiger partial charge in [0.25, 0.3) is 11.7 Å². The van der Waals surface area contributed by atoms with Gasteiger partial charge in [0.1, 0.15) is 23.1 Å². The Labute approximate surface area is 201 Å². The quantitative estimate of drug-likeness (QED) is 0.313. The van der Waals surface area contributed by atoms with Gasteiger partial charge in [-0.25, -0.2) is 8.78 Å². The first-order chi connectivity index (χ1) is 16.5. The van der Waals surface area contributed by atoms with E-state index in [0.717, 1.165) is 28.7 Å². The van der Waals surface area contributed by atoms with E-state index in [1.165, 1.54) is 19.5 Å². The van der Waals surface area contributed by atoms with Gasteiger partial charge in [-0.05, 0) is 47.4 Å². The van der Waals surface area contributed by atoms with E-state index in [4.69, 9.17) is 4.74 Å². The van der Waals surface area contributed by atoms with Crippen LogP contribution in [0.3, 0.4) is 0 Å². The van der Waals surface area contributed by atoms with E-state index in [1.807, 2.05) is 20.8 Å². The topological polar surface area (TPSA) is 79.7 Å². The predicted octanol–water partition coefficient (Wildman–Crippen LogP) is 5.29. The molecule has 35 heavy (non-hydrogen) atoms. The van der Waals surface area contributed by atoms with Crippen molar-refractivity contribution in [3.8, 4) is 5.75 Å². The lowest BCUT2D eigenvalue weighted by Crippen LogP contribution is -2.30. The number of carbonyl (C=O) groups is 2. The Balaban J connectivity index is 1.98. The first-order valence-electron chi connectivity index (χ1n) is 10.9. The highest BCUT2D eigenvalue weighted by atomic mass is 19.1. The summed E-state index contributed by atoms with van der Waals surface area (Å²) in [7, 11) is 1.53. The minimum Gasteiger partial charge on any atom is -0.507 e. The lowest BCUT2D eigenvalue weighted by atomic mass is 9.84. The molecule has 8 heteroatoms. The van der Waals surface area contributed by atoms with Crippen LogP contribution in [0.1, 0.15) is 43.5 Å². The number of aliphatic hydroxyl groups excluding tert-OH is 1. The van der Waals surface area contributed by atoms with Crippen molar-refractivity contribution in [1.29, 1.82) is 0 Å². The average Bonchev–Trinajstić information content (AvgIpc) is 3.10. The summed E-state index contributed by atoms with van der Waals surface area (Å²) in [6.45, 7) is 5.90. The number of ketones is 1. The maximum atomic E-state index is 14.7. The van der Waals surface area contributed by atoms with E-state index in [9.17, 15) is 23.5 Å². The van der Waals surface area contributed by atoms with Crippen LogP contribution in [-0.2, 0) is 15.0 Å². The number of pyridine rings is 1. The van der Waals surface area contributed by atoms with Gasteiger partial charge in [0.05, 0.1) is 24.4 Å². The zero-order valence-corrected chi connectivity index (χ0v) is 19.7. The first kappa shape index (κ1) is 24.1. The summed E-state index contributed by atoms with van der Waals surface area (Å²) < 4.78 is 34.2. The van der Waals surface area contributed by atoms with Gasteiger partial charge in [-0.15, -0.1) is 0 Å². The van der Waals surface area contributed by atoms with Crippen molar-refractivity contribution < 1.29 is 28.2 Å². The van der Waals surface area contributed by atoms with E-state index in [0.29, 0.717) is 11.3 Å². The third-order valence-electron chi connectivity index (χ3n) is 5.89. The molecule has 1 atom stereocenters. The molecule has 6 nitrogen and oxygen atoms in total. The van der Waals surface area contributed by atoms with Crippen LogP contribution >= 0.6 is 0 Å². The normalized spacial score (nSPS) is 17.7. The minimum atomic E-state index is -1.22. The van der Waals surface area contributed by atoms with Crippen molar-refractivity contribution in [3.63, 3.8) is 0 Å². The van der Waals surface area contributed by atoms with Crippen LogP contribution in [-0.4, -0.2) is 28.9 Å². The largest absolute Gasteiger partial charge is 0.507 e. The number of hydrogen-bond acceptors (Lipinski definition) is 5. The molecule has 0 aliphatic carbocycles. The van der Waals surface area contributed by atoms with Crippen molar-refractivity contribution >= 4 is 23.1 Å². The molecule has 0 spiro atoms. The Morgan fingerprint density at radius 3 is 2.46 bits per heavy atom. The van der Waals surface area contributed by atoms with Gasteiger partial charge in [0.2, 0.25) is 0 Å². The zero-order valence-electron chi connectivity index (χ0n) is 19.7. The fourth-order valence-electron chi connectivity index (χ4n) is 4.20. The molecule has 180 valence electrons. The maximum absolute atomic E-state index is 14.7. The highest BCUT2D eigenvalue weighted by Crippen LogP contribution is 2.43. The monoisotopic (exact) mass is 478 g/mol. The second-order valence-electron chi connectivity index (χ2n) is 9.22. The zero-order chi connectivity index (χ0) is 25.5. The molecule has 1 aliphatic rings. The molecular formula is C27H24F2N2O4. The molecule has 1 unspecified atom stereocenters. The van der Waals surface area contributed by atoms with Gasteiger partial charge in [-0.2, -0.15) is 0 Å². The average molecular weight is 478 g/mol. The number of ether oxygens (including phenoxy) is 1. The van der Waals surface area contributed by atoms with Crippen molar-refractivity contribution in [2.45, 2.75) is 32.2 Å². The molecular weight excluding hydrogens is 454 g/mol. The standard InChI is InChI=1S/C27H24F2N2O4/c1-27(2,3)18-12-15(7-10-21(18)35-4)24(32)22-23(16-6-5-11-30-14-16)31(26(34)25(22)33)20-13-17(28)8-9-19(20)29/h5-14,23,32H,1-4H3/b24-22-. The van der Waals surface area contributed by atoms with Gasteiger partial charge in [0.15, 0.2) is 0 Å². The number of amides is 1. The smallest absolute Gasteiger partial charge is 0.300 e. The Hall–Kier alpha value is -4.07. The third-order valence-corrected chi connectivity index (χ3v) is 5.89. The first-order valence-corrected chi connectivity index (χ1v) is 10.9. The number of halogens is 2. The summed E-state index contributed by atoms with van der Waals surface area (Å²) in [6.07, 6.45) is 2.90. The molecule has 1 amide bonds. The Bertz CT molecular complexity index is 1350. The van der Waals surface area contributed by atoms with Crippen molar-refractivity contribution in [2.24, 2.45) is 0 Å². The molecule has 0 saturated carbocycles. The van der Waals surface area contributed by atoms with Crippen LogP contribution < -0.4 is 9.64 Å². The number of rotatable bonds is 4. The van der Waals surface area contributed by atoms with E-state index in [1.54, 1.807) is 30.3 Å². The van der Waals surface area contributed by atoms with Gasteiger partial charge in [-0.3, -0.25) is 19.5 Å². The molecule has 1 aromatic heterocycles. The lowest BCUT2D eigenvalue weighted by molar-refractivity contribution is -0.132. The van der Waals surface area contributed by atoms with Crippen molar-refractivity contribution in [1.82, 2.24) is 4.98 Å². The van der Waals surface area contributed by atoms with Crippen LogP contribution in [0.2, 0.25) is 0 Å². The summed E-state index contributed by atoms with van der Waals surface area (Å²) in [6, 6.07) is 9.51. The molecule has 1 aliphatic heterocycles. The number of Topliss-reactive ketones (excluding diaryl/α,β-unsaturated/α-hetero) is 1. The van der Waals surface area contributed by atoms with Crippen LogP contribution in [0, 0.1) is 11.6 Å². The number of anilines is 1. The fourth-order valence-corrected chi connectivity index (χ4v) is 4.20. The van der Waals surface area contributed by atoms with Gasteiger partial charge >= 0.3 is 0 Å². The lowest BCUT2D eigenvalue weighted by Gasteiger charge is -2.26. The van der Waals surface area contributed by atoms with Crippen molar-refractivity contribution in [3.05, 3.63) is 94.8 Å². The molecule has 0 bridgehead atoms. The number of aromatic nitrogens is 1. The number of methoxy groups -OCH3 is 1. The SMILES string of the molecule is COc1ccc(/C(O)=C2/C(=O)C(=O)N(c3cc(F)ccc3F)C2c2cccnc2)cc1C(C)(C)C. The Morgan fingerprint density at radius 2 is 1.83 bits per heavy atom. The highest BCUT2D eigenvalue weighted by molar-refractivity contribution is 6.51. The Kier molecular flexibility index (Phi) is 6.15. The molecule has 1 fully saturated rings. The third kappa shape index (κ3) is 4.27. The van der Waals surface area contributed by atoms with E-state index in [-0.39, 0.29) is 16.6 Å². The van der Waals surface area contributed by atoms with Crippen LogP contribution in [0.15, 0.2) is 66.5 Å². The van der Waals surface area contributed by atoms with Crippen LogP contribution in [0.4, 0.5) is 14.5 Å². The van der Waals surface area contributed by atoms with Crippen molar-refractivity contribution in [2.75, 3.05) is 12.0 Å². The summed E-state index contributed by atoms with van der Waals surface area (Å²) in [5.41, 5.74) is 0.374. The molecule has 3 aromatic rings. The highest BCUT2D eigenvalue weighted by Gasteiger charge is 2.48. The summed E-state index contributed by atoms with van der Waals surface area (Å²) in [4.78, 5) is 31.2. The van der Waals surface area contributed by atoms with Gasteiger partial charge < -0.3 is 9.84 Å². The number of nitrogens with zero attached hydrogens (tertiary/aromatic N) is 2. The molecule has 2 heterocycles. The number of benzene rings is 2. The molecule has 2 aromatic carbocycles. The van der Waals surface area contributed by atoms with Gasteiger partial charge in [-0.1, -0.05) is 26.8 Å². The number of carbonyl (C=O) groups excluding carboxylic acids is 2. The van der Waals surface area contributed by atoms with Crippen LogP contribution in [0.5, 0.6) is 5.75 Å².